The van der Waals surface area contributed by atoms with Gasteiger partial charge in [-0.15, -0.1) is 0 Å². The molecule has 124 valence electrons. The summed E-state index contributed by atoms with van der Waals surface area (Å²) in [6.07, 6.45) is 11.4. The first-order chi connectivity index (χ1) is 11.3. The van der Waals surface area contributed by atoms with Crippen molar-refractivity contribution in [1.82, 2.24) is 9.80 Å². The van der Waals surface area contributed by atoms with Gasteiger partial charge in [-0.25, -0.2) is 0 Å². The van der Waals surface area contributed by atoms with Crippen molar-refractivity contribution in [2.45, 2.75) is 25.7 Å². The molecule has 2 fully saturated rings. The van der Waals surface area contributed by atoms with Crippen molar-refractivity contribution >= 4 is 5.91 Å². The van der Waals surface area contributed by atoms with Crippen molar-refractivity contribution in [3.8, 4) is 0 Å². The topological polar surface area (TPSA) is 36.7 Å². The van der Waals surface area contributed by atoms with E-state index in [1.54, 1.807) is 18.4 Å². The molecular weight excluding hydrogens is 288 g/mol. The molecule has 23 heavy (non-hydrogen) atoms. The van der Waals surface area contributed by atoms with Crippen molar-refractivity contribution in [3.63, 3.8) is 0 Å². The van der Waals surface area contributed by atoms with Gasteiger partial charge in [0.25, 0.3) is 5.91 Å². The highest BCUT2D eigenvalue weighted by atomic mass is 16.3. The van der Waals surface area contributed by atoms with Gasteiger partial charge < -0.3 is 14.2 Å². The highest BCUT2D eigenvalue weighted by Gasteiger charge is 2.37. The van der Waals surface area contributed by atoms with Gasteiger partial charge >= 0.3 is 0 Å². The van der Waals surface area contributed by atoms with Gasteiger partial charge in [0.15, 0.2) is 5.76 Å². The van der Waals surface area contributed by atoms with Gasteiger partial charge in [0.2, 0.25) is 0 Å². The van der Waals surface area contributed by atoms with Gasteiger partial charge in [0.1, 0.15) is 0 Å². The normalized spacial score (nSPS) is 29.5. The minimum atomic E-state index is 0.0564. The van der Waals surface area contributed by atoms with Crippen LogP contribution in [0.25, 0.3) is 0 Å². The maximum atomic E-state index is 12.8. The van der Waals surface area contributed by atoms with Crippen LogP contribution in [0.5, 0.6) is 0 Å². The number of nitrogens with zero attached hydrogens (tertiary/aromatic N) is 2. The Balaban J connectivity index is 1.41. The molecule has 1 aliphatic heterocycles. The monoisotopic (exact) mass is 314 g/mol. The number of fused-ring (bicyclic) bond motifs is 2. The molecular formula is C19H26N2O2. The Kier molecular flexibility index (Phi) is 4.25. The van der Waals surface area contributed by atoms with Crippen LogP contribution in [-0.4, -0.2) is 48.4 Å². The van der Waals surface area contributed by atoms with Crippen molar-refractivity contribution in [3.05, 3.63) is 36.3 Å². The molecule has 3 aliphatic rings. The minimum absolute atomic E-state index is 0.0564. The molecule has 2 bridgehead atoms. The Morgan fingerprint density at radius 1 is 1.26 bits per heavy atom. The molecule has 4 rings (SSSR count). The molecule has 1 saturated heterocycles. The zero-order valence-corrected chi connectivity index (χ0v) is 13.7. The summed E-state index contributed by atoms with van der Waals surface area (Å²) >= 11 is 0. The molecule has 1 amide bonds. The summed E-state index contributed by atoms with van der Waals surface area (Å²) < 4.78 is 5.36. The molecule has 3 unspecified atom stereocenters. The maximum absolute atomic E-state index is 12.8. The van der Waals surface area contributed by atoms with Gasteiger partial charge in [0, 0.05) is 19.6 Å². The number of carbonyl (C=O) groups excluding carboxylic acids is 1. The zero-order chi connectivity index (χ0) is 15.6. The van der Waals surface area contributed by atoms with E-state index in [0.717, 1.165) is 25.6 Å². The third-order valence-corrected chi connectivity index (χ3v) is 5.78. The molecule has 3 atom stereocenters. The number of hydrogen-bond donors (Lipinski definition) is 0. The Bertz CT molecular complexity index is 560. The highest BCUT2D eigenvalue weighted by Crippen LogP contribution is 2.43. The first-order valence-corrected chi connectivity index (χ1v) is 9.03. The third-order valence-electron chi connectivity index (χ3n) is 5.78. The second-order valence-corrected chi connectivity index (χ2v) is 7.32. The maximum Gasteiger partial charge on any atom is 0.289 e. The van der Waals surface area contributed by atoms with Gasteiger partial charge in [-0.05, 0) is 68.7 Å². The molecule has 2 heterocycles. The molecule has 1 aromatic rings. The predicted molar refractivity (Wildman–Crippen MR) is 89.1 cm³/mol. The van der Waals surface area contributed by atoms with Crippen LogP contribution in [0.15, 0.2) is 35.0 Å². The molecule has 1 aromatic heterocycles. The predicted octanol–water partition coefficient (Wildman–Crippen LogP) is 3.03. The zero-order valence-electron chi connectivity index (χ0n) is 13.7. The van der Waals surface area contributed by atoms with E-state index in [4.69, 9.17) is 4.42 Å². The minimum Gasteiger partial charge on any atom is -0.459 e. The number of carbonyl (C=O) groups is 1. The van der Waals surface area contributed by atoms with Crippen LogP contribution in [-0.2, 0) is 0 Å². The summed E-state index contributed by atoms with van der Waals surface area (Å²) in [5.74, 6) is 2.59. The smallest absolute Gasteiger partial charge is 0.289 e. The van der Waals surface area contributed by atoms with Crippen molar-refractivity contribution in [1.29, 1.82) is 0 Å². The van der Waals surface area contributed by atoms with Crippen LogP contribution in [0.4, 0.5) is 0 Å². The number of likely N-dealkylation sites (tertiary alicyclic amines) is 1. The van der Waals surface area contributed by atoms with E-state index in [1.165, 1.54) is 38.8 Å². The van der Waals surface area contributed by atoms with Crippen LogP contribution >= 0.6 is 0 Å². The van der Waals surface area contributed by atoms with Crippen LogP contribution in [0.3, 0.4) is 0 Å². The molecule has 0 aromatic carbocycles. The Morgan fingerprint density at radius 3 is 2.78 bits per heavy atom. The van der Waals surface area contributed by atoms with E-state index in [1.807, 2.05) is 4.90 Å². The quantitative estimate of drug-likeness (QED) is 0.757. The summed E-state index contributed by atoms with van der Waals surface area (Å²) in [5.41, 5.74) is 0. The first-order valence-electron chi connectivity index (χ1n) is 9.03. The van der Waals surface area contributed by atoms with Crippen LogP contribution < -0.4 is 0 Å². The molecule has 2 aliphatic carbocycles. The van der Waals surface area contributed by atoms with E-state index in [2.05, 4.69) is 17.1 Å². The Labute approximate surface area is 138 Å². The Morgan fingerprint density at radius 2 is 2.13 bits per heavy atom. The van der Waals surface area contributed by atoms with E-state index < -0.39 is 0 Å². The number of allylic oxidation sites excluding steroid dienone is 2. The van der Waals surface area contributed by atoms with E-state index >= 15 is 0 Å². The lowest BCUT2D eigenvalue weighted by molar-refractivity contribution is 0.0670. The summed E-state index contributed by atoms with van der Waals surface area (Å²) in [4.78, 5) is 17.3. The second-order valence-electron chi connectivity index (χ2n) is 7.32. The van der Waals surface area contributed by atoms with E-state index in [-0.39, 0.29) is 5.91 Å². The van der Waals surface area contributed by atoms with Crippen molar-refractivity contribution < 1.29 is 9.21 Å². The largest absolute Gasteiger partial charge is 0.459 e. The third kappa shape index (κ3) is 3.23. The van der Waals surface area contributed by atoms with Crippen LogP contribution in [0.2, 0.25) is 0 Å². The fourth-order valence-corrected chi connectivity index (χ4v) is 4.49. The molecule has 0 N–H and O–H groups in total. The van der Waals surface area contributed by atoms with Gasteiger partial charge in [0.05, 0.1) is 6.26 Å². The lowest BCUT2D eigenvalue weighted by Gasteiger charge is -2.29. The molecule has 0 spiro atoms. The molecule has 1 saturated carbocycles. The van der Waals surface area contributed by atoms with Gasteiger partial charge in [-0.3, -0.25) is 4.79 Å². The Hall–Kier alpha value is -1.55. The number of furan rings is 1. The number of hydrogen-bond acceptors (Lipinski definition) is 3. The fourth-order valence-electron chi connectivity index (χ4n) is 4.49. The standard InChI is InChI=1S/C19H26N2O2/c22-19(18-4-3-11-23-18)21(10-9-20-7-1-2-8-20)14-17-13-15-5-6-16(17)12-15/h3-6,11,15-17H,1-2,7-10,12-14H2. The molecule has 0 radical (unpaired) electrons. The number of amides is 1. The van der Waals surface area contributed by atoms with Gasteiger partial charge in [-0.2, -0.15) is 0 Å². The summed E-state index contributed by atoms with van der Waals surface area (Å²) in [7, 11) is 0. The van der Waals surface area contributed by atoms with Gasteiger partial charge in [-0.1, -0.05) is 12.2 Å². The summed E-state index contributed by atoms with van der Waals surface area (Å²) in [5, 5.41) is 0. The fraction of sp³-hybridized carbons (Fsp3) is 0.632. The number of rotatable bonds is 6. The SMILES string of the molecule is O=C(c1ccco1)N(CCN1CCCC1)CC1CC2C=CC1C2. The molecule has 4 nitrogen and oxygen atoms in total. The van der Waals surface area contributed by atoms with Crippen LogP contribution in [0, 0.1) is 17.8 Å². The molecule has 4 heteroatoms. The van der Waals surface area contributed by atoms with Crippen LogP contribution in [0.1, 0.15) is 36.2 Å². The lowest BCUT2D eigenvalue weighted by atomic mass is 9.93. The summed E-state index contributed by atoms with van der Waals surface area (Å²) in [6, 6.07) is 3.58. The second kappa shape index (κ2) is 6.52. The lowest BCUT2D eigenvalue weighted by Crippen LogP contribution is -2.41. The average molecular weight is 314 g/mol. The van der Waals surface area contributed by atoms with E-state index in [0.29, 0.717) is 17.6 Å². The van der Waals surface area contributed by atoms with Crippen molar-refractivity contribution in [2.75, 3.05) is 32.7 Å². The van der Waals surface area contributed by atoms with Crippen molar-refractivity contribution in [2.24, 2.45) is 17.8 Å². The van der Waals surface area contributed by atoms with E-state index in [9.17, 15) is 4.79 Å². The average Bonchev–Trinajstić information content (AvgIpc) is 3.36. The highest BCUT2D eigenvalue weighted by molar-refractivity contribution is 5.91. The summed E-state index contributed by atoms with van der Waals surface area (Å²) in [6.45, 7) is 5.04. The first kappa shape index (κ1) is 15.0.